The number of rotatable bonds is 7. The SMILES string of the molecule is Cc1cccc(OCCNC(=O)CN2C(=O)NC(C)(c3cccc(C(F)(F)F)c3)C2=O)c1. The standard InChI is InChI=1S/C22H22F3N3O4/c1-14-5-3-8-17(11-14)32-10-9-26-18(29)13-28-19(30)21(2,27-20(28)31)15-6-4-7-16(12-15)22(23,24)25/h3-8,11-12H,9-10,13H2,1-2H3,(H,26,29)(H,27,31). The van der Waals surface area contributed by atoms with Gasteiger partial charge in [0.25, 0.3) is 5.91 Å². The van der Waals surface area contributed by atoms with Crippen LogP contribution in [0.1, 0.15) is 23.6 Å². The molecule has 0 bridgehead atoms. The van der Waals surface area contributed by atoms with Crippen molar-refractivity contribution in [2.45, 2.75) is 25.6 Å². The van der Waals surface area contributed by atoms with E-state index in [1.54, 1.807) is 6.07 Å². The number of amides is 4. The average Bonchev–Trinajstić information content (AvgIpc) is 2.95. The molecule has 1 atom stereocenters. The van der Waals surface area contributed by atoms with Crippen LogP contribution >= 0.6 is 0 Å². The lowest BCUT2D eigenvalue weighted by Crippen LogP contribution is -2.43. The molecule has 170 valence electrons. The van der Waals surface area contributed by atoms with Crippen molar-refractivity contribution in [1.82, 2.24) is 15.5 Å². The van der Waals surface area contributed by atoms with Gasteiger partial charge in [-0.1, -0.05) is 24.3 Å². The number of alkyl halides is 3. The second kappa shape index (κ2) is 8.89. The minimum atomic E-state index is -4.60. The Labute approximate surface area is 182 Å². The van der Waals surface area contributed by atoms with E-state index in [1.165, 1.54) is 13.0 Å². The molecule has 7 nitrogen and oxygen atoms in total. The number of hydrogen-bond acceptors (Lipinski definition) is 4. The Morgan fingerprint density at radius 3 is 2.56 bits per heavy atom. The van der Waals surface area contributed by atoms with Gasteiger partial charge in [-0.25, -0.2) is 4.79 Å². The van der Waals surface area contributed by atoms with Gasteiger partial charge in [0.1, 0.15) is 24.4 Å². The van der Waals surface area contributed by atoms with Crippen LogP contribution in [0.2, 0.25) is 0 Å². The quantitative estimate of drug-likeness (QED) is 0.503. The van der Waals surface area contributed by atoms with Crippen LogP contribution in [-0.2, 0) is 21.3 Å². The Morgan fingerprint density at radius 2 is 1.88 bits per heavy atom. The summed E-state index contributed by atoms with van der Waals surface area (Å²) in [6.45, 7) is 2.97. The molecular weight excluding hydrogens is 427 g/mol. The molecular formula is C22H22F3N3O4. The fourth-order valence-electron chi connectivity index (χ4n) is 3.31. The summed E-state index contributed by atoms with van der Waals surface area (Å²) in [5, 5.41) is 4.93. The van der Waals surface area contributed by atoms with Gasteiger partial charge in [-0.3, -0.25) is 14.5 Å². The van der Waals surface area contributed by atoms with Gasteiger partial charge < -0.3 is 15.4 Å². The lowest BCUT2D eigenvalue weighted by molar-refractivity contribution is -0.138. The Balaban J connectivity index is 1.59. The van der Waals surface area contributed by atoms with Gasteiger partial charge in [-0.2, -0.15) is 13.2 Å². The summed E-state index contributed by atoms with van der Waals surface area (Å²) >= 11 is 0. The largest absolute Gasteiger partial charge is 0.492 e. The van der Waals surface area contributed by atoms with Crippen LogP contribution in [0.25, 0.3) is 0 Å². The zero-order valence-corrected chi connectivity index (χ0v) is 17.5. The number of imide groups is 1. The molecule has 0 saturated carbocycles. The number of hydrogen-bond donors (Lipinski definition) is 2. The first-order valence-corrected chi connectivity index (χ1v) is 9.79. The smallest absolute Gasteiger partial charge is 0.416 e. The molecule has 4 amide bonds. The molecule has 1 saturated heterocycles. The van der Waals surface area contributed by atoms with Crippen molar-refractivity contribution in [3.8, 4) is 5.75 Å². The summed E-state index contributed by atoms with van der Waals surface area (Å²) in [5.74, 6) is -0.771. The predicted molar refractivity (Wildman–Crippen MR) is 109 cm³/mol. The number of urea groups is 1. The highest BCUT2D eigenvalue weighted by Gasteiger charge is 2.50. The normalized spacial score (nSPS) is 18.5. The van der Waals surface area contributed by atoms with Crippen LogP contribution in [0, 0.1) is 6.92 Å². The van der Waals surface area contributed by atoms with Gasteiger partial charge in [0.15, 0.2) is 0 Å². The number of aryl methyl sites for hydroxylation is 1. The van der Waals surface area contributed by atoms with Crippen molar-refractivity contribution >= 4 is 17.8 Å². The van der Waals surface area contributed by atoms with Gasteiger partial charge in [0.2, 0.25) is 5.91 Å². The Kier molecular flexibility index (Phi) is 6.42. The number of carbonyl (C=O) groups is 3. The van der Waals surface area contributed by atoms with E-state index in [-0.39, 0.29) is 18.7 Å². The van der Waals surface area contributed by atoms with E-state index in [2.05, 4.69) is 10.6 Å². The predicted octanol–water partition coefficient (Wildman–Crippen LogP) is 2.98. The van der Waals surface area contributed by atoms with E-state index >= 15 is 0 Å². The Hall–Kier alpha value is -3.56. The second-order valence-electron chi connectivity index (χ2n) is 7.54. The van der Waals surface area contributed by atoms with E-state index in [0.717, 1.165) is 23.8 Å². The van der Waals surface area contributed by atoms with E-state index in [0.29, 0.717) is 10.6 Å². The minimum absolute atomic E-state index is 0.0277. The Morgan fingerprint density at radius 1 is 1.16 bits per heavy atom. The van der Waals surface area contributed by atoms with E-state index in [9.17, 15) is 27.6 Å². The van der Waals surface area contributed by atoms with Gasteiger partial charge in [0.05, 0.1) is 12.1 Å². The summed E-state index contributed by atoms with van der Waals surface area (Å²) in [5.41, 5.74) is -1.66. The van der Waals surface area contributed by atoms with Crippen LogP contribution in [0.4, 0.5) is 18.0 Å². The van der Waals surface area contributed by atoms with Crippen LogP contribution in [0.3, 0.4) is 0 Å². The van der Waals surface area contributed by atoms with Gasteiger partial charge in [-0.15, -0.1) is 0 Å². The molecule has 32 heavy (non-hydrogen) atoms. The maximum absolute atomic E-state index is 13.0. The van der Waals surface area contributed by atoms with Crippen molar-refractivity contribution in [3.63, 3.8) is 0 Å². The summed E-state index contributed by atoms with van der Waals surface area (Å²) in [6, 6.07) is 10.7. The van der Waals surface area contributed by atoms with Gasteiger partial charge >= 0.3 is 12.2 Å². The molecule has 0 aliphatic carbocycles. The third kappa shape index (κ3) is 5.01. The first kappa shape index (κ1) is 23.1. The molecule has 10 heteroatoms. The minimum Gasteiger partial charge on any atom is -0.492 e. The first-order chi connectivity index (χ1) is 15.0. The fourth-order valence-corrected chi connectivity index (χ4v) is 3.31. The summed E-state index contributed by atoms with van der Waals surface area (Å²) in [7, 11) is 0. The van der Waals surface area contributed by atoms with Crippen LogP contribution in [-0.4, -0.2) is 42.4 Å². The summed E-state index contributed by atoms with van der Waals surface area (Å²) < 4.78 is 44.6. The molecule has 1 fully saturated rings. The number of benzene rings is 2. The van der Waals surface area contributed by atoms with E-state index < -0.39 is 41.7 Å². The second-order valence-corrected chi connectivity index (χ2v) is 7.54. The number of nitrogens with zero attached hydrogens (tertiary/aromatic N) is 1. The zero-order chi connectivity index (χ0) is 23.5. The first-order valence-electron chi connectivity index (χ1n) is 9.79. The van der Waals surface area contributed by atoms with Crippen LogP contribution < -0.4 is 15.4 Å². The molecule has 2 N–H and O–H groups in total. The maximum Gasteiger partial charge on any atom is 0.416 e. The number of carbonyl (C=O) groups excluding carboxylic acids is 3. The number of halogens is 3. The highest BCUT2D eigenvalue weighted by molar-refractivity contribution is 6.09. The molecule has 2 aromatic carbocycles. The van der Waals surface area contributed by atoms with Crippen molar-refractivity contribution in [2.75, 3.05) is 19.7 Å². The lowest BCUT2D eigenvalue weighted by atomic mass is 9.90. The highest BCUT2D eigenvalue weighted by Crippen LogP contribution is 2.34. The van der Waals surface area contributed by atoms with Crippen molar-refractivity contribution in [1.29, 1.82) is 0 Å². The molecule has 0 radical (unpaired) electrons. The van der Waals surface area contributed by atoms with Crippen molar-refractivity contribution < 1.29 is 32.3 Å². The van der Waals surface area contributed by atoms with Crippen LogP contribution in [0.5, 0.6) is 5.75 Å². The monoisotopic (exact) mass is 449 g/mol. The Bertz CT molecular complexity index is 1040. The molecule has 1 aliphatic rings. The molecule has 1 heterocycles. The topological polar surface area (TPSA) is 87.7 Å². The zero-order valence-electron chi connectivity index (χ0n) is 17.5. The van der Waals surface area contributed by atoms with Gasteiger partial charge in [0, 0.05) is 0 Å². The van der Waals surface area contributed by atoms with Crippen molar-refractivity contribution in [2.24, 2.45) is 0 Å². The average molecular weight is 449 g/mol. The maximum atomic E-state index is 13.0. The van der Waals surface area contributed by atoms with Crippen molar-refractivity contribution in [3.05, 3.63) is 65.2 Å². The lowest BCUT2D eigenvalue weighted by Gasteiger charge is -2.23. The molecule has 3 rings (SSSR count). The molecule has 0 aromatic heterocycles. The number of ether oxygens (including phenoxy) is 1. The third-order valence-corrected chi connectivity index (χ3v) is 5.03. The summed E-state index contributed by atoms with van der Waals surface area (Å²) in [6.07, 6.45) is -4.60. The molecule has 1 aliphatic heterocycles. The number of nitrogens with one attached hydrogen (secondary N) is 2. The fraction of sp³-hybridized carbons (Fsp3) is 0.318. The summed E-state index contributed by atoms with van der Waals surface area (Å²) in [4.78, 5) is 38.0. The van der Waals surface area contributed by atoms with Crippen LogP contribution in [0.15, 0.2) is 48.5 Å². The van der Waals surface area contributed by atoms with E-state index in [4.69, 9.17) is 4.74 Å². The molecule has 1 unspecified atom stereocenters. The third-order valence-electron chi connectivity index (χ3n) is 5.03. The molecule has 0 spiro atoms. The van der Waals surface area contributed by atoms with E-state index in [1.807, 2.05) is 25.1 Å². The highest BCUT2D eigenvalue weighted by atomic mass is 19.4. The molecule has 2 aromatic rings. The van der Waals surface area contributed by atoms with Gasteiger partial charge in [-0.05, 0) is 49.2 Å².